The monoisotopic (exact) mass is 424 g/mol. The van der Waals surface area contributed by atoms with E-state index in [2.05, 4.69) is 10.6 Å². The van der Waals surface area contributed by atoms with E-state index in [1.165, 1.54) is 16.2 Å². The second-order valence-electron chi connectivity index (χ2n) is 7.15. The molecule has 2 aromatic carbocycles. The summed E-state index contributed by atoms with van der Waals surface area (Å²) in [6.07, 6.45) is 3.96. The van der Waals surface area contributed by atoms with Gasteiger partial charge < -0.3 is 10.6 Å². The number of halogens is 1. The summed E-state index contributed by atoms with van der Waals surface area (Å²) in [5, 5.41) is 7.18. The number of aryl methyl sites for hydroxylation is 2. The van der Waals surface area contributed by atoms with Gasteiger partial charge in [-0.1, -0.05) is 29.8 Å². The summed E-state index contributed by atoms with van der Waals surface area (Å²) in [6.45, 7) is 1.91. The Bertz CT molecular complexity index is 1070. The lowest BCUT2D eigenvalue weighted by atomic mass is 9.95. The van der Waals surface area contributed by atoms with E-state index in [1.54, 1.807) is 30.3 Å². The number of hydrogen-bond donors (Lipinski definition) is 2. The van der Waals surface area contributed by atoms with Crippen molar-refractivity contribution in [1.82, 2.24) is 0 Å². The molecule has 0 spiro atoms. The van der Waals surface area contributed by atoms with Crippen LogP contribution in [-0.2, 0) is 12.8 Å². The topological polar surface area (TPSA) is 58.2 Å². The smallest absolute Gasteiger partial charge is 0.258 e. The molecule has 2 amide bonds. The average Bonchev–Trinajstić information content (AvgIpc) is 3.07. The maximum Gasteiger partial charge on any atom is 0.258 e. The van der Waals surface area contributed by atoms with Gasteiger partial charge in [-0.25, -0.2) is 0 Å². The lowest BCUT2D eigenvalue weighted by molar-refractivity contribution is 0.102. The molecule has 3 aromatic rings. The van der Waals surface area contributed by atoms with E-state index in [0.29, 0.717) is 26.8 Å². The second-order valence-corrected chi connectivity index (χ2v) is 8.69. The van der Waals surface area contributed by atoms with Crippen LogP contribution in [0.25, 0.3) is 0 Å². The molecule has 0 unspecified atom stereocenters. The Morgan fingerprint density at radius 2 is 1.66 bits per heavy atom. The third kappa shape index (κ3) is 4.21. The lowest BCUT2D eigenvalue weighted by Gasteiger charge is -2.13. The van der Waals surface area contributed by atoms with Crippen molar-refractivity contribution < 1.29 is 9.59 Å². The molecule has 0 fully saturated rings. The Kier molecular flexibility index (Phi) is 5.69. The van der Waals surface area contributed by atoms with Crippen LogP contribution in [0.4, 0.5) is 10.7 Å². The molecule has 0 bridgehead atoms. The number of nitrogens with one attached hydrogen (secondary N) is 2. The average molecular weight is 425 g/mol. The quantitative estimate of drug-likeness (QED) is 0.532. The van der Waals surface area contributed by atoms with Crippen LogP contribution in [-0.4, -0.2) is 11.8 Å². The van der Waals surface area contributed by atoms with Gasteiger partial charge in [0.05, 0.1) is 5.56 Å². The van der Waals surface area contributed by atoms with Gasteiger partial charge in [-0.2, -0.15) is 0 Å². The number of anilines is 2. The number of hydrogen-bond acceptors (Lipinski definition) is 3. The zero-order valence-electron chi connectivity index (χ0n) is 16.0. The summed E-state index contributed by atoms with van der Waals surface area (Å²) < 4.78 is 0. The summed E-state index contributed by atoms with van der Waals surface area (Å²) in [6, 6.07) is 14.5. The molecular formula is C23H21ClN2O2S. The van der Waals surface area contributed by atoms with Crippen LogP contribution < -0.4 is 10.6 Å². The minimum atomic E-state index is -0.202. The first-order valence-corrected chi connectivity index (χ1v) is 10.8. The van der Waals surface area contributed by atoms with Gasteiger partial charge in [0.25, 0.3) is 11.8 Å². The molecule has 29 heavy (non-hydrogen) atoms. The molecule has 0 radical (unpaired) electrons. The molecule has 0 saturated carbocycles. The van der Waals surface area contributed by atoms with Gasteiger partial charge in [-0.15, -0.1) is 11.3 Å². The van der Waals surface area contributed by atoms with E-state index in [4.69, 9.17) is 11.6 Å². The van der Waals surface area contributed by atoms with Crippen LogP contribution in [0.5, 0.6) is 0 Å². The highest BCUT2D eigenvalue weighted by Crippen LogP contribution is 2.39. The lowest BCUT2D eigenvalue weighted by Crippen LogP contribution is -2.19. The van der Waals surface area contributed by atoms with Crippen molar-refractivity contribution in [2.45, 2.75) is 32.6 Å². The van der Waals surface area contributed by atoms with Crippen molar-refractivity contribution in [3.63, 3.8) is 0 Å². The zero-order valence-corrected chi connectivity index (χ0v) is 17.6. The van der Waals surface area contributed by atoms with Gasteiger partial charge in [-0.3, -0.25) is 9.59 Å². The van der Waals surface area contributed by atoms with Crippen LogP contribution >= 0.6 is 22.9 Å². The first kappa shape index (κ1) is 19.7. The van der Waals surface area contributed by atoms with E-state index in [1.807, 2.05) is 25.1 Å². The van der Waals surface area contributed by atoms with Crippen molar-refractivity contribution in [2.24, 2.45) is 0 Å². The van der Waals surface area contributed by atoms with Gasteiger partial charge in [0.15, 0.2) is 0 Å². The zero-order chi connectivity index (χ0) is 20.4. The highest BCUT2D eigenvalue weighted by atomic mass is 35.5. The predicted octanol–water partition coefficient (Wildman–Crippen LogP) is 6.09. The van der Waals surface area contributed by atoms with Crippen LogP contribution in [0.3, 0.4) is 0 Å². The first-order chi connectivity index (χ1) is 14.0. The Morgan fingerprint density at radius 3 is 2.41 bits per heavy atom. The van der Waals surface area contributed by atoms with Gasteiger partial charge in [0, 0.05) is 21.2 Å². The fraction of sp³-hybridized carbons (Fsp3) is 0.217. The number of carbonyl (C=O) groups excluding carboxylic acids is 2. The molecule has 1 aromatic heterocycles. The fourth-order valence-corrected chi connectivity index (χ4v) is 5.03. The Labute approximate surface area is 178 Å². The molecule has 4 nitrogen and oxygen atoms in total. The van der Waals surface area contributed by atoms with E-state index >= 15 is 0 Å². The summed E-state index contributed by atoms with van der Waals surface area (Å²) in [5.74, 6) is -0.394. The molecule has 4 rings (SSSR count). The summed E-state index contributed by atoms with van der Waals surface area (Å²) >= 11 is 7.46. The highest BCUT2D eigenvalue weighted by Gasteiger charge is 2.27. The van der Waals surface area contributed by atoms with E-state index in [0.717, 1.165) is 36.8 Å². The number of thiophene rings is 1. The van der Waals surface area contributed by atoms with Crippen LogP contribution in [0, 0.1) is 6.92 Å². The van der Waals surface area contributed by atoms with Crippen LogP contribution in [0.15, 0.2) is 48.5 Å². The van der Waals surface area contributed by atoms with Crippen molar-refractivity contribution in [3.05, 3.63) is 80.7 Å². The minimum absolute atomic E-state index is 0.192. The van der Waals surface area contributed by atoms with Crippen LogP contribution in [0.1, 0.15) is 49.6 Å². The molecule has 148 valence electrons. The first-order valence-electron chi connectivity index (χ1n) is 9.61. The molecule has 6 heteroatoms. The Morgan fingerprint density at radius 1 is 0.931 bits per heavy atom. The van der Waals surface area contributed by atoms with Crippen molar-refractivity contribution >= 4 is 45.4 Å². The molecule has 0 aliphatic heterocycles. The van der Waals surface area contributed by atoms with Gasteiger partial charge in [0.2, 0.25) is 0 Å². The molecule has 1 aliphatic carbocycles. The maximum atomic E-state index is 13.1. The molecule has 0 saturated heterocycles. The second kappa shape index (κ2) is 8.39. The minimum Gasteiger partial charge on any atom is -0.322 e. The number of amides is 2. The van der Waals surface area contributed by atoms with Crippen molar-refractivity contribution in [2.75, 3.05) is 10.6 Å². The third-order valence-electron chi connectivity index (χ3n) is 5.12. The Hall–Kier alpha value is -2.63. The fourth-order valence-electron chi connectivity index (χ4n) is 3.62. The number of carbonyl (C=O) groups is 2. The largest absolute Gasteiger partial charge is 0.322 e. The highest BCUT2D eigenvalue weighted by molar-refractivity contribution is 7.17. The summed E-state index contributed by atoms with van der Waals surface area (Å²) in [4.78, 5) is 27.2. The number of fused-ring (bicyclic) bond motifs is 1. The third-order valence-corrected chi connectivity index (χ3v) is 6.58. The number of rotatable bonds is 4. The number of benzene rings is 2. The van der Waals surface area contributed by atoms with E-state index in [9.17, 15) is 9.59 Å². The van der Waals surface area contributed by atoms with Gasteiger partial charge in [0.1, 0.15) is 5.00 Å². The predicted molar refractivity (Wildman–Crippen MR) is 119 cm³/mol. The van der Waals surface area contributed by atoms with Crippen LogP contribution in [0.2, 0.25) is 5.02 Å². The van der Waals surface area contributed by atoms with Gasteiger partial charge in [-0.05, 0) is 74.1 Å². The molecule has 1 heterocycles. The van der Waals surface area contributed by atoms with Crippen molar-refractivity contribution in [3.8, 4) is 0 Å². The summed E-state index contributed by atoms with van der Waals surface area (Å²) in [5.41, 5.74) is 3.84. The SMILES string of the molecule is Cc1ccccc1C(=O)Nc1sc2c(c1C(=O)Nc1ccc(Cl)cc1)CCCC2. The van der Waals surface area contributed by atoms with E-state index in [-0.39, 0.29) is 11.8 Å². The Balaban J connectivity index is 1.66. The molecule has 2 N–H and O–H groups in total. The van der Waals surface area contributed by atoms with Crippen molar-refractivity contribution in [1.29, 1.82) is 0 Å². The normalized spacial score (nSPS) is 12.9. The molecular weight excluding hydrogens is 404 g/mol. The molecule has 1 aliphatic rings. The summed E-state index contributed by atoms with van der Waals surface area (Å²) in [7, 11) is 0. The molecule has 0 atom stereocenters. The maximum absolute atomic E-state index is 13.1. The van der Waals surface area contributed by atoms with Gasteiger partial charge >= 0.3 is 0 Å². The standard InChI is InChI=1S/C23H21ClN2O2S/c1-14-6-2-3-7-17(14)21(27)26-23-20(18-8-4-5-9-19(18)29-23)22(28)25-16-12-10-15(24)11-13-16/h2-3,6-7,10-13H,4-5,8-9H2,1H3,(H,25,28)(H,26,27). The van der Waals surface area contributed by atoms with E-state index < -0.39 is 0 Å².